The van der Waals surface area contributed by atoms with Crippen LogP contribution in [-0.4, -0.2) is 17.4 Å². The molecule has 0 radical (unpaired) electrons. The summed E-state index contributed by atoms with van der Waals surface area (Å²) in [6.45, 7) is 2.85. The van der Waals surface area contributed by atoms with Crippen LogP contribution in [0, 0.1) is 0 Å². The molecule has 2 rings (SSSR count). The molecule has 0 atom stereocenters. The number of carbonyl (C=O) groups is 1. The molecule has 5 nitrogen and oxygen atoms in total. The molecule has 5 heteroatoms. The van der Waals surface area contributed by atoms with E-state index in [0.717, 1.165) is 12.8 Å². The average molecular weight is 301 g/mol. The van der Waals surface area contributed by atoms with E-state index in [1.165, 1.54) is 25.5 Å². The highest BCUT2D eigenvalue weighted by Crippen LogP contribution is 2.24. The van der Waals surface area contributed by atoms with Crippen molar-refractivity contribution >= 4 is 11.6 Å². The van der Waals surface area contributed by atoms with E-state index >= 15 is 0 Å². The van der Waals surface area contributed by atoms with Crippen LogP contribution in [0.3, 0.4) is 0 Å². The lowest BCUT2D eigenvalue weighted by molar-refractivity contribution is 0.0948. The Hall–Kier alpha value is -2.30. The molecule has 0 saturated carbocycles. The van der Waals surface area contributed by atoms with Crippen LogP contribution in [0.2, 0.25) is 0 Å². The van der Waals surface area contributed by atoms with Gasteiger partial charge in [0.05, 0.1) is 5.56 Å². The lowest BCUT2D eigenvalue weighted by Gasteiger charge is -2.02. The van der Waals surface area contributed by atoms with Gasteiger partial charge in [-0.2, -0.15) is 0 Å². The topological polar surface area (TPSA) is 81.2 Å². The van der Waals surface area contributed by atoms with E-state index in [4.69, 9.17) is 10.2 Å². The fourth-order valence-electron chi connectivity index (χ4n) is 2.21. The van der Waals surface area contributed by atoms with Crippen LogP contribution in [0.1, 0.15) is 49.5 Å². The number of aromatic nitrogens is 1. The van der Waals surface area contributed by atoms with Gasteiger partial charge in [0.2, 0.25) is 5.89 Å². The van der Waals surface area contributed by atoms with Gasteiger partial charge >= 0.3 is 0 Å². The number of unbranched alkanes of at least 4 members (excludes halogenated alkanes) is 4. The van der Waals surface area contributed by atoms with Gasteiger partial charge in [-0.3, -0.25) is 4.79 Å². The maximum absolute atomic E-state index is 12.0. The Bertz CT molecular complexity index is 607. The fourth-order valence-corrected chi connectivity index (χ4v) is 2.21. The number of nitrogen functional groups attached to an aromatic ring is 1. The molecule has 22 heavy (non-hydrogen) atoms. The maximum Gasteiger partial charge on any atom is 0.273 e. The zero-order valence-electron chi connectivity index (χ0n) is 13.0. The number of nitrogens with one attached hydrogen (secondary N) is 1. The molecule has 0 bridgehead atoms. The second-order valence-electron chi connectivity index (χ2n) is 5.30. The van der Waals surface area contributed by atoms with Crippen LogP contribution in [0.15, 0.2) is 34.9 Å². The number of nitrogens with zero attached hydrogens (tertiary/aromatic N) is 1. The molecular weight excluding hydrogens is 278 g/mol. The molecule has 0 spiro atoms. The molecule has 0 saturated heterocycles. The highest BCUT2D eigenvalue weighted by Gasteiger charge is 2.14. The fraction of sp³-hybridized carbons (Fsp3) is 0.412. The van der Waals surface area contributed by atoms with Gasteiger partial charge in [-0.1, -0.05) is 44.7 Å². The van der Waals surface area contributed by atoms with Crippen molar-refractivity contribution in [3.63, 3.8) is 0 Å². The van der Waals surface area contributed by atoms with Crippen molar-refractivity contribution in [3.05, 3.63) is 36.2 Å². The number of benzene rings is 1. The summed E-state index contributed by atoms with van der Waals surface area (Å²) in [7, 11) is 0. The number of anilines is 1. The maximum atomic E-state index is 12.0. The second kappa shape index (κ2) is 8.22. The molecule has 0 unspecified atom stereocenters. The summed E-state index contributed by atoms with van der Waals surface area (Å²) in [5.41, 5.74) is 7.43. The quantitative estimate of drug-likeness (QED) is 0.576. The van der Waals surface area contributed by atoms with Crippen molar-refractivity contribution in [3.8, 4) is 11.5 Å². The van der Waals surface area contributed by atoms with Crippen molar-refractivity contribution in [2.45, 2.75) is 39.0 Å². The molecule has 1 amide bonds. The first-order valence-electron chi connectivity index (χ1n) is 7.81. The Morgan fingerprint density at radius 1 is 1.23 bits per heavy atom. The minimum Gasteiger partial charge on any atom is -0.444 e. The van der Waals surface area contributed by atoms with Crippen LogP contribution in [0.5, 0.6) is 0 Å². The molecule has 0 fully saturated rings. The molecule has 0 aliphatic heterocycles. The number of nitrogens with two attached hydrogens (primary N) is 1. The van der Waals surface area contributed by atoms with Gasteiger partial charge in [0.25, 0.3) is 5.91 Å². The first kappa shape index (κ1) is 16.1. The number of oxazole rings is 1. The average Bonchev–Trinajstić information content (AvgIpc) is 3.01. The first-order chi connectivity index (χ1) is 10.7. The summed E-state index contributed by atoms with van der Waals surface area (Å²) in [6, 6.07) is 7.28. The lowest BCUT2D eigenvalue weighted by Crippen LogP contribution is -2.24. The van der Waals surface area contributed by atoms with Crippen LogP contribution in [0.25, 0.3) is 11.5 Å². The minimum absolute atomic E-state index is 0.208. The molecular formula is C17H23N3O2. The summed E-state index contributed by atoms with van der Waals surface area (Å²) >= 11 is 0. The third kappa shape index (κ3) is 4.35. The Morgan fingerprint density at radius 3 is 2.77 bits per heavy atom. The van der Waals surface area contributed by atoms with Crippen molar-refractivity contribution in [2.24, 2.45) is 0 Å². The second-order valence-corrected chi connectivity index (χ2v) is 5.30. The van der Waals surface area contributed by atoms with Crippen molar-refractivity contribution in [2.75, 3.05) is 12.3 Å². The molecule has 1 aromatic carbocycles. The molecule has 0 aliphatic carbocycles. The predicted octanol–water partition coefficient (Wildman–Crippen LogP) is 3.62. The Labute approximate surface area is 130 Å². The molecule has 1 aromatic heterocycles. The van der Waals surface area contributed by atoms with Crippen LogP contribution in [-0.2, 0) is 0 Å². The Balaban J connectivity index is 1.86. The van der Waals surface area contributed by atoms with E-state index in [0.29, 0.717) is 23.7 Å². The standard InChI is InChI=1S/C17H23N3O2/c1-2-3-4-5-8-11-19-16(21)15-12-22-17(20-15)13-9-6-7-10-14(13)18/h6-7,9-10,12H,2-5,8,11,18H2,1H3,(H,19,21). The largest absolute Gasteiger partial charge is 0.444 e. The number of carbonyl (C=O) groups excluding carboxylic acids is 1. The molecule has 1 heterocycles. The Morgan fingerprint density at radius 2 is 2.00 bits per heavy atom. The SMILES string of the molecule is CCCCCCCNC(=O)c1coc(-c2ccccc2N)n1. The van der Waals surface area contributed by atoms with E-state index in [2.05, 4.69) is 17.2 Å². The number of hydrogen-bond donors (Lipinski definition) is 2. The van der Waals surface area contributed by atoms with Gasteiger partial charge in [0.15, 0.2) is 5.69 Å². The zero-order chi connectivity index (χ0) is 15.8. The van der Waals surface area contributed by atoms with E-state index < -0.39 is 0 Å². The summed E-state index contributed by atoms with van der Waals surface area (Å²) in [4.78, 5) is 16.2. The lowest BCUT2D eigenvalue weighted by atomic mass is 10.1. The number of hydrogen-bond acceptors (Lipinski definition) is 4. The van der Waals surface area contributed by atoms with Crippen LogP contribution < -0.4 is 11.1 Å². The molecule has 118 valence electrons. The number of para-hydroxylation sites is 1. The number of rotatable bonds is 8. The van der Waals surface area contributed by atoms with Crippen molar-refractivity contribution in [1.82, 2.24) is 10.3 Å². The van der Waals surface area contributed by atoms with Gasteiger partial charge in [0, 0.05) is 12.2 Å². The highest BCUT2D eigenvalue weighted by molar-refractivity contribution is 5.92. The summed E-state index contributed by atoms with van der Waals surface area (Å²) in [5, 5.41) is 2.86. The molecule has 0 aliphatic rings. The minimum atomic E-state index is -0.208. The summed E-state index contributed by atoms with van der Waals surface area (Å²) in [6.07, 6.45) is 7.18. The van der Waals surface area contributed by atoms with Gasteiger partial charge < -0.3 is 15.5 Å². The van der Waals surface area contributed by atoms with Gasteiger partial charge in [-0.25, -0.2) is 4.98 Å². The van der Waals surface area contributed by atoms with E-state index in [1.807, 2.05) is 18.2 Å². The van der Waals surface area contributed by atoms with Gasteiger partial charge in [-0.15, -0.1) is 0 Å². The Kier molecular flexibility index (Phi) is 6.01. The van der Waals surface area contributed by atoms with Gasteiger partial charge in [-0.05, 0) is 18.6 Å². The van der Waals surface area contributed by atoms with E-state index in [1.54, 1.807) is 6.07 Å². The zero-order valence-corrected chi connectivity index (χ0v) is 13.0. The summed E-state index contributed by atoms with van der Waals surface area (Å²) in [5.74, 6) is 0.159. The first-order valence-corrected chi connectivity index (χ1v) is 7.81. The third-order valence-corrected chi connectivity index (χ3v) is 3.49. The van der Waals surface area contributed by atoms with Crippen molar-refractivity contribution < 1.29 is 9.21 Å². The van der Waals surface area contributed by atoms with Crippen LogP contribution in [0.4, 0.5) is 5.69 Å². The smallest absolute Gasteiger partial charge is 0.273 e. The van der Waals surface area contributed by atoms with Gasteiger partial charge in [0.1, 0.15) is 6.26 Å². The molecule has 3 N–H and O–H groups in total. The highest BCUT2D eigenvalue weighted by atomic mass is 16.3. The third-order valence-electron chi connectivity index (χ3n) is 3.49. The summed E-state index contributed by atoms with van der Waals surface area (Å²) < 4.78 is 5.36. The van der Waals surface area contributed by atoms with Crippen molar-refractivity contribution in [1.29, 1.82) is 0 Å². The molecule has 2 aromatic rings. The normalized spacial score (nSPS) is 10.6. The van der Waals surface area contributed by atoms with E-state index in [9.17, 15) is 4.79 Å². The van der Waals surface area contributed by atoms with E-state index in [-0.39, 0.29) is 11.6 Å². The van der Waals surface area contributed by atoms with Crippen LogP contribution >= 0.6 is 0 Å². The number of amides is 1. The predicted molar refractivity (Wildman–Crippen MR) is 87.4 cm³/mol. The monoisotopic (exact) mass is 301 g/mol.